The van der Waals surface area contributed by atoms with E-state index >= 15 is 0 Å². The SMILES string of the molecule is O=C(CCc1ccc(F)cc1)NCC1CCN(C(=O)c2cccnc2)CC1. The highest BCUT2D eigenvalue weighted by Gasteiger charge is 2.23. The van der Waals surface area contributed by atoms with Crippen LogP contribution in [0.2, 0.25) is 0 Å². The minimum atomic E-state index is -0.267. The number of rotatable bonds is 6. The zero-order valence-corrected chi connectivity index (χ0v) is 15.2. The first-order valence-electron chi connectivity index (χ1n) is 9.32. The summed E-state index contributed by atoms with van der Waals surface area (Å²) in [6.07, 6.45) is 6.00. The number of aryl methyl sites for hydroxylation is 1. The van der Waals surface area contributed by atoms with Crippen LogP contribution in [0.5, 0.6) is 0 Å². The fraction of sp³-hybridized carbons (Fsp3) is 0.381. The van der Waals surface area contributed by atoms with Gasteiger partial charge in [-0.3, -0.25) is 14.6 Å². The molecule has 1 saturated heterocycles. The third kappa shape index (κ3) is 5.61. The van der Waals surface area contributed by atoms with Gasteiger partial charge in [0.25, 0.3) is 5.91 Å². The summed E-state index contributed by atoms with van der Waals surface area (Å²) in [5.41, 5.74) is 1.57. The Kier molecular flexibility index (Phi) is 6.52. The van der Waals surface area contributed by atoms with E-state index in [1.54, 1.807) is 36.7 Å². The van der Waals surface area contributed by atoms with Crippen molar-refractivity contribution in [1.29, 1.82) is 0 Å². The van der Waals surface area contributed by atoms with Crippen molar-refractivity contribution in [3.63, 3.8) is 0 Å². The topological polar surface area (TPSA) is 62.3 Å². The van der Waals surface area contributed by atoms with Crippen LogP contribution in [0.3, 0.4) is 0 Å². The number of hydrogen-bond acceptors (Lipinski definition) is 3. The van der Waals surface area contributed by atoms with Crippen molar-refractivity contribution in [2.75, 3.05) is 19.6 Å². The van der Waals surface area contributed by atoms with Gasteiger partial charge in [-0.15, -0.1) is 0 Å². The molecule has 0 radical (unpaired) electrons. The number of piperidine rings is 1. The van der Waals surface area contributed by atoms with Crippen molar-refractivity contribution < 1.29 is 14.0 Å². The van der Waals surface area contributed by atoms with Crippen LogP contribution in [-0.2, 0) is 11.2 Å². The molecule has 6 heteroatoms. The number of amides is 2. The molecule has 0 saturated carbocycles. The summed E-state index contributed by atoms with van der Waals surface area (Å²) in [6, 6.07) is 9.78. The molecule has 27 heavy (non-hydrogen) atoms. The lowest BCUT2D eigenvalue weighted by molar-refractivity contribution is -0.121. The Morgan fingerprint density at radius 2 is 1.89 bits per heavy atom. The fourth-order valence-electron chi connectivity index (χ4n) is 3.27. The zero-order valence-electron chi connectivity index (χ0n) is 15.2. The normalized spacial score (nSPS) is 14.8. The molecule has 1 N–H and O–H groups in total. The van der Waals surface area contributed by atoms with Crippen LogP contribution < -0.4 is 5.32 Å². The first kappa shape index (κ1) is 19.0. The zero-order chi connectivity index (χ0) is 19.1. The monoisotopic (exact) mass is 369 g/mol. The summed E-state index contributed by atoms with van der Waals surface area (Å²) in [7, 11) is 0. The van der Waals surface area contributed by atoms with Crippen LogP contribution in [0.15, 0.2) is 48.8 Å². The second-order valence-corrected chi connectivity index (χ2v) is 6.91. The number of benzene rings is 1. The Labute approximate surface area is 158 Å². The first-order chi connectivity index (χ1) is 13.1. The molecule has 1 aromatic carbocycles. The summed E-state index contributed by atoms with van der Waals surface area (Å²) in [5, 5.41) is 2.98. The number of nitrogens with zero attached hydrogens (tertiary/aromatic N) is 2. The molecule has 1 aliphatic heterocycles. The van der Waals surface area contributed by atoms with Crippen molar-refractivity contribution in [2.24, 2.45) is 5.92 Å². The number of aromatic nitrogens is 1. The molecule has 0 aliphatic carbocycles. The van der Waals surface area contributed by atoms with E-state index in [1.807, 2.05) is 4.90 Å². The molecule has 0 unspecified atom stereocenters. The number of halogens is 1. The van der Waals surface area contributed by atoms with E-state index < -0.39 is 0 Å². The van der Waals surface area contributed by atoms with Gasteiger partial charge in [0.15, 0.2) is 0 Å². The summed E-state index contributed by atoms with van der Waals surface area (Å²) in [4.78, 5) is 30.3. The Bertz CT molecular complexity index is 757. The van der Waals surface area contributed by atoms with Crippen LogP contribution in [0, 0.1) is 11.7 Å². The summed E-state index contributed by atoms with van der Waals surface area (Å²) < 4.78 is 12.9. The van der Waals surface area contributed by atoms with Crippen molar-refractivity contribution in [1.82, 2.24) is 15.2 Å². The first-order valence-corrected chi connectivity index (χ1v) is 9.32. The Morgan fingerprint density at radius 1 is 1.15 bits per heavy atom. The van der Waals surface area contributed by atoms with Gasteiger partial charge in [-0.05, 0) is 55.0 Å². The maximum atomic E-state index is 12.9. The maximum Gasteiger partial charge on any atom is 0.255 e. The lowest BCUT2D eigenvalue weighted by Gasteiger charge is -2.32. The highest BCUT2D eigenvalue weighted by atomic mass is 19.1. The predicted molar refractivity (Wildman–Crippen MR) is 101 cm³/mol. The lowest BCUT2D eigenvalue weighted by atomic mass is 9.96. The highest BCUT2D eigenvalue weighted by molar-refractivity contribution is 5.93. The molecular formula is C21H24FN3O2. The molecule has 5 nitrogen and oxygen atoms in total. The summed E-state index contributed by atoms with van der Waals surface area (Å²) in [5.74, 6) is 0.146. The summed E-state index contributed by atoms with van der Waals surface area (Å²) in [6.45, 7) is 2.03. The molecular weight excluding hydrogens is 345 g/mol. The molecule has 3 rings (SSSR count). The predicted octanol–water partition coefficient (Wildman–Crippen LogP) is 2.82. The van der Waals surface area contributed by atoms with Crippen molar-refractivity contribution >= 4 is 11.8 Å². The minimum absolute atomic E-state index is 0.00758. The lowest BCUT2D eigenvalue weighted by Crippen LogP contribution is -2.41. The van der Waals surface area contributed by atoms with E-state index in [2.05, 4.69) is 10.3 Å². The summed E-state index contributed by atoms with van der Waals surface area (Å²) >= 11 is 0. The van der Waals surface area contributed by atoms with Gasteiger partial charge in [-0.2, -0.15) is 0 Å². The molecule has 2 heterocycles. The minimum Gasteiger partial charge on any atom is -0.356 e. The van der Waals surface area contributed by atoms with Gasteiger partial charge < -0.3 is 10.2 Å². The average molecular weight is 369 g/mol. The van der Waals surface area contributed by atoms with Crippen molar-refractivity contribution in [3.05, 3.63) is 65.7 Å². The highest BCUT2D eigenvalue weighted by Crippen LogP contribution is 2.18. The van der Waals surface area contributed by atoms with E-state index in [0.29, 0.717) is 44.0 Å². The number of pyridine rings is 1. The van der Waals surface area contributed by atoms with E-state index in [0.717, 1.165) is 18.4 Å². The van der Waals surface area contributed by atoms with Crippen molar-refractivity contribution in [3.8, 4) is 0 Å². The number of nitrogens with one attached hydrogen (secondary N) is 1. The number of likely N-dealkylation sites (tertiary alicyclic amines) is 1. The van der Waals surface area contributed by atoms with Gasteiger partial charge in [-0.1, -0.05) is 12.1 Å². The molecule has 1 aromatic heterocycles. The standard InChI is InChI=1S/C21H24FN3O2/c22-19-6-3-16(4-7-19)5-8-20(26)24-14-17-9-12-25(13-10-17)21(27)18-2-1-11-23-15-18/h1-4,6-7,11,15,17H,5,8-10,12-14H2,(H,24,26). The van der Waals surface area contributed by atoms with E-state index in [9.17, 15) is 14.0 Å². The van der Waals surface area contributed by atoms with E-state index in [1.165, 1.54) is 12.1 Å². The Balaban J connectivity index is 1.36. The number of hydrogen-bond donors (Lipinski definition) is 1. The Hall–Kier alpha value is -2.76. The molecule has 2 amide bonds. The van der Waals surface area contributed by atoms with Crippen molar-refractivity contribution in [2.45, 2.75) is 25.7 Å². The molecule has 142 valence electrons. The third-order valence-electron chi connectivity index (χ3n) is 4.95. The van der Waals surface area contributed by atoms with Gasteiger partial charge >= 0.3 is 0 Å². The van der Waals surface area contributed by atoms with Crippen LogP contribution >= 0.6 is 0 Å². The number of carbonyl (C=O) groups is 2. The molecule has 1 aliphatic rings. The second kappa shape index (κ2) is 9.26. The van der Waals surface area contributed by atoms with Crippen LogP contribution in [0.25, 0.3) is 0 Å². The van der Waals surface area contributed by atoms with Crippen LogP contribution in [0.4, 0.5) is 4.39 Å². The van der Waals surface area contributed by atoms with Crippen LogP contribution in [-0.4, -0.2) is 41.3 Å². The third-order valence-corrected chi connectivity index (χ3v) is 4.95. The van der Waals surface area contributed by atoms with Gasteiger partial charge in [-0.25, -0.2) is 4.39 Å². The smallest absolute Gasteiger partial charge is 0.255 e. The molecule has 2 aromatic rings. The Morgan fingerprint density at radius 3 is 2.56 bits per heavy atom. The van der Waals surface area contributed by atoms with Gasteiger partial charge in [0.05, 0.1) is 5.56 Å². The molecule has 1 fully saturated rings. The van der Waals surface area contributed by atoms with Gasteiger partial charge in [0.2, 0.25) is 5.91 Å². The van der Waals surface area contributed by atoms with Gasteiger partial charge in [0, 0.05) is 38.4 Å². The van der Waals surface area contributed by atoms with E-state index in [4.69, 9.17) is 0 Å². The van der Waals surface area contributed by atoms with Gasteiger partial charge in [0.1, 0.15) is 5.82 Å². The molecule has 0 bridgehead atoms. The van der Waals surface area contributed by atoms with Crippen LogP contribution in [0.1, 0.15) is 35.2 Å². The molecule has 0 spiro atoms. The van der Waals surface area contributed by atoms with E-state index in [-0.39, 0.29) is 17.6 Å². The quantitative estimate of drug-likeness (QED) is 0.852. The maximum absolute atomic E-state index is 12.9. The average Bonchev–Trinajstić information content (AvgIpc) is 2.72. The largest absolute Gasteiger partial charge is 0.356 e. The fourth-order valence-corrected chi connectivity index (χ4v) is 3.27. The second-order valence-electron chi connectivity index (χ2n) is 6.91. The molecule has 0 atom stereocenters. The number of carbonyl (C=O) groups excluding carboxylic acids is 2.